The van der Waals surface area contributed by atoms with Crippen LogP contribution >= 0.6 is 0 Å². The molecule has 2 aromatic heterocycles. The number of rotatable bonds is 3. The fourth-order valence-corrected chi connectivity index (χ4v) is 4.20. The summed E-state index contributed by atoms with van der Waals surface area (Å²) in [7, 11) is 0. The smallest absolute Gasteiger partial charge is 0.157 e. The third kappa shape index (κ3) is 4.17. The summed E-state index contributed by atoms with van der Waals surface area (Å²) in [6.07, 6.45) is 1.55. The number of nitrogens with one attached hydrogen (secondary N) is 1. The number of hydrogen-bond acceptors (Lipinski definition) is 5. The van der Waals surface area contributed by atoms with Gasteiger partial charge in [-0.25, -0.2) is 9.97 Å². The van der Waals surface area contributed by atoms with Gasteiger partial charge in [0.2, 0.25) is 0 Å². The van der Waals surface area contributed by atoms with E-state index in [9.17, 15) is 0 Å². The van der Waals surface area contributed by atoms with Gasteiger partial charge < -0.3 is 4.42 Å². The van der Waals surface area contributed by atoms with Crippen LogP contribution < -0.4 is 10.8 Å². The predicted octanol–water partition coefficient (Wildman–Crippen LogP) is 6.89. The summed E-state index contributed by atoms with van der Waals surface area (Å²) in [5.41, 5.74) is 9.50. The third-order valence-corrected chi connectivity index (χ3v) is 6.04. The summed E-state index contributed by atoms with van der Waals surface area (Å²) < 4.78 is 6.41. The zero-order valence-corrected chi connectivity index (χ0v) is 20.2. The van der Waals surface area contributed by atoms with Crippen LogP contribution in [0.15, 0.2) is 82.6 Å². The second-order valence-corrected chi connectivity index (χ2v) is 9.74. The van der Waals surface area contributed by atoms with Crippen LogP contribution in [-0.4, -0.2) is 9.97 Å². The van der Waals surface area contributed by atoms with Crippen LogP contribution in [0, 0.1) is 13.8 Å². The van der Waals surface area contributed by atoms with Crippen LogP contribution in [0.4, 0.5) is 5.82 Å². The first-order chi connectivity index (χ1) is 16.3. The van der Waals surface area contributed by atoms with Crippen molar-refractivity contribution in [2.75, 3.05) is 5.43 Å². The lowest BCUT2D eigenvalue weighted by molar-refractivity contribution is 0.589. The van der Waals surface area contributed by atoms with E-state index in [0.717, 1.165) is 49.7 Å². The quantitative estimate of drug-likeness (QED) is 0.305. The highest BCUT2D eigenvalue weighted by molar-refractivity contribution is 5.88. The molecule has 3 aromatic carbocycles. The number of benzene rings is 3. The van der Waals surface area contributed by atoms with Crippen molar-refractivity contribution in [3.63, 3.8) is 0 Å². The molecular formula is C29H28N4O. The summed E-state index contributed by atoms with van der Waals surface area (Å²) in [4.78, 5) is 8.75. The Morgan fingerprint density at radius 3 is 2.38 bits per heavy atom. The minimum atomic E-state index is 0.0951. The second-order valence-electron chi connectivity index (χ2n) is 9.74. The van der Waals surface area contributed by atoms with E-state index >= 15 is 0 Å². The van der Waals surface area contributed by atoms with Crippen LogP contribution in [0.25, 0.3) is 33.2 Å². The minimum Gasteiger partial charge on any atom is -0.456 e. The Balaban J connectivity index is 1.67. The fourth-order valence-electron chi connectivity index (χ4n) is 4.20. The normalized spacial score (nSPS) is 12.4. The highest BCUT2D eigenvalue weighted by atomic mass is 16.3. The molecule has 0 atom stereocenters. The number of para-hydroxylation sites is 1. The van der Waals surface area contributed by atoms with Crippen molar-refractivity contribution in [3.8, 4) is 11.3 Å². The number of nitrogens with zero attached hydrogens (tertiary/aromatic N) is 3. The Morgan fingerprint density at radius 2 is 1.62 bits per heavy atom. The molecule has 0 saturated heterocycles. The molecule has 0 fully saturated rings. The maximum Gasteiger partial charge on any atom is 0.157 e. The van der Waals surface area contributed by atoms with E-state index in [0.29, 0.717) is 5.82 Å². The predicted molar refractivity (Wildman–Crippen MR) is 139 cm³/mol. The number of anilines is 1. The molecule has 0 aliphatic rings. The van der Waals surface area contributed by atoms with E-state index < -0.39 is 0 Å². The summed E-state index contributed by atoms with van der Waals surface area (Å²) in [5, 5.41) is 7.45. The SMILES string of the molecule is Cc1cc(C)c2oc(-c3ccc(C(C)(C)C)cc3)cc(=NNc3ncnc4ccccc34)c2c1. The topological polar surface area (TPSA) is 63.3 Å². The van der Waals surface area contributed by atoms with Crippen LogP contribution in [0.2, 0.25) is 0 Å². The van der Waals surface area contributed by atoms with Gasteiger partial charge in [-0.1, -0.05) is 63.2 Å². The van der Waals surface area contributed by atoms with Crippen molar-refractivity contribution in [1.82, 2.24) is 9.97 Å². The van der Waals surface area contributed by atoms with Crippen molar-refractivity contribution in [1.29, 1.82) is 0 Å². The molecule has 0 saturated carbocycles. The molecule has 5 heteroatoms. The van der Waals surface area contributed by atoms with Gasteiger partial charge in [-0.05, 0) is 54.2 Å². The van der Waals surface area contributed by atoms with Crippen molar-refractivity contribution in [2.24, 2.45) is 5.10 Å². The van der Waals surface area contributed by atoms with Crippen molar-refractivity contribution >= 4 is 27.7 Å². The molecular weight excluding hydrogens is 420 g/mol. The number of hydrogen-bond donors (Lipinski definition) is 1. The van der Waals surface area contributed by atoms with Crippen LogP contribution in [0.1, 0.15) is 37.5 Å². The molecule has 0 aliphatic heterocycles. The average Bonchev–Trinajstić information content (AvgIpc) is 2.82. The third-order valence-electron chi connectivity index (χ3n) is 6.04. The van der Waals surface area contributed by atoms with Crippen LogP contribution in [0.3, 0.4) is 0 Å². The lowest BCUT2D eigenvalue weighted by atomic mass is 9.86. The van der Waals surface area contributed by atoms with E-state index in [1.807, 2.05) is 30.3 Å². The van der Waals surface area contributed by atoms with E-state index in [1.165, 1.54) is 5.56 Å². The van der Waals surface area contributed by atoms with Crippen LogP contribution in [0.5, 0.6) is 0 Å². The molecule has 0 unspecified atom stereocenters. The van der Waals surface area contributed by atoms with Gasteiger partial charge in [-0.15, -0.1) is 0 Å². The lowest BCUT2D eigenvalue weighted by Crippen LogP contribution is -2.11. The molecule has 5 nitrogen and oxygen atoms in total. The first-order valence-corrected chi connectivity index (χ1v) is 11.4. The number of fused-ring (bicyclic) bond motifs is 2. The van der Waals surface area contributed by atoms with E-state index in [4.69, 9.17) is 9.52 Å². The van der Waals surface area contributed by atoms with Gasteiger partial charge in [0.15, 0.2) is 5.82 Å². The fraction of sp³-hybridized carbons (Fsp3) is 0.207. The Hall–Kier alpha value is -3.99. The monoisotopic (exact) mass is 448 g/mol. The first kappa shape index (κ1) is 21.8. The lowest BCUT2D eigenvalue weighted by Gasteiger charge is -2.19. The molecule has 0 aliphatic carbocycles. The number of aryl methyl sites for hydroxylation is 2. The first-order valence-electron chi connectivity index (χ1n) is 11.4. The Bertz CT molecular complexity index is 1570. The van der Waals surface area contributed by atoms with E-state index in [2.05, 4.69) is 86.4 Å². The zero-order valence-electron chi connectivity index (χ0n) is 20.2. The molecule has 5 rings (SSSR count). The van der Waals surface area contributed by atoms with Crippen LogP contribution in [-0.2, 0) is 5.41 Å². The van der Waals surface area contributed by atoms with Gasteiger partial charge in [-0.3, -0.25) is 5.43 Å². The average molecular weight is 449 g/mol. The highest BCUT2D eigenvalue weighted by Gasteiger charge is 2.14. The summed E-state index contributed by atoms with van der Waals surface area (Å²) in [5.74, 6) is 1.44. The molecule has 0 bridgehead atoms. The largest absolute Gasteiger partial charge is 0.456 e. The van der Waals surface area contributed by atoms with Gasteiger partial charge in [0.05, 0.1) is 10.9 Å². The molecule has 34 heavy (non-hydrogen) atoms. The minimum absolute atomic E-state index is 0.0951. The zero-order chi connectivity index (χ0) is 23.9. The van der Waals surface area contributed by atoms with Crippen molar-refractivity contribution < 1.29 is 4.42 Å². The Morgan fingerprint density at radius 1 is 0.853 bits per heavy atom. The van der Waals surface area contributed by atoms with E-state index in [-0.39, 0.29) is 5.41 Å². The molecule has 5 aromatic rings. The molecule has 0 spiro atoms. The van der Waals surface area contributed by atoms with E-state index in [1.54, 1.807) is 6.33 Å². The van der Waals surface area contributed by atoms with Gasteiger partial charge >= 0.3 is 0 Å². The number of aromatic nitrogens is 2. The molecule has 1 N–H and O–H groups in total. The van der Waals surface area contributed by atoms with Gasteiger partial charge in [-0.2, -0.15) is 5.10 Å². The molecule has 2 heterocycles. The Labute approximate surface area is 199 Å². The maximum atomic E-state index is 6.41. The molecule has 170 valence electrons. The highest BCUT2D eigenvalue weighted by Crippen LogP contribution is 2.28. The Kier molecular flexibility index (Phi) is 5.40. The summed E-state index contributed by atoms with van der Waals surface area (Å²) in [6, 6.07) is 22.7. The molecule has 0 amide bonds. The summed E-state index contributed by atoms with van der Waals surface area (Å²) in [6.45, 7) is 10.8. The maximum absolute atomic E-state index is 6.41. The van der Waals surface area contributed by atoms with Gasteiger partial charge in [0.1, 0.15) is 17.7 Å². The summed E-state index contributed by atoms with van der Waals surface area (Å²) >= 11 is 0. The standard InChI is InChI=1S/C29H28N4O/c1-18-14-19(2)27-23(15-18)25(32-33-28-22-8-6-7-9-24(22)30-17-31-28)16-26(34-27)20-10-12-21(13-11-20)29(3,4)5/h6-17H,1-5H3,(H,30,31,33). The molecule has 0 radical (unpaired) electrons. The van der Waals surface area contributed by atoms with Crippen molar-refractivity contribution in [3.05, 3.63) is 95.1 Å². The van der Waals surface area contributed by atoms with Gasteiger partial charge in [0.25, 0.3) is 0 Å². The van der Waals surface area contributed by atoms with Gasteiger partial charge in [0, 0.05) is 22.4 Å². The second kappa shape index (κ2) is 8.41. The van der Waals surface area contributed by atoms with Crippen molar-refractivity contribution in [2.45, 2.75) is 40.0 Å².